The Morgan fingerprint density at radius 2 is 2.27 bits per heavy atom. The quantitative estimate of drug-likeness (QED) is 0.827. The number of amides is 1. The van der Waals surface area contributed by atoms with Gasteiger partial charge < -0.3 is 11.1 Å². The molecule has 1 unspecified atom stereocenters. The molecule has 3 N–H and O–H groups in total. The molecule has 1 aromatic carbocycles. The number of carbonyl (C=O) groups excluding carboxylic acids is 1. The largest absolute Gasteiger partial charge is 0.383 e. The number of hydrogen-bond donors (Lipinski definition) is 2. The Labute approximate surface area is 94.6 Å². The predicted octanol–water partition coefficient (Wildman–Crippen LogP) is 2.18. The van der Waals surface area contributed by atoms with Crippen molar-refractivity contribution in [3.63, 3.8) is 0 Å². The average molecular weight is 227 g/mol. The van der Waals surface area contributed by atoms with Gasteiger partial charge in [-0.15, -0.1) is 0 Å². The highest BCUT2D eigenvalue weighted by atomic mass is 35.5. The van der Waals surface area contributed by atoms with Crippen LogP contribution in [0.5, 0.6) is 0 Å². The van der Waals surface area contributed by atoms with Crippen LogP contribution in [0, 0.1) is 12.8 Å². The Kier molecular flexibility index (Phi) is 3.97. The van der Waals surface area contributed by atoms with E-state index in [2.05, 4.69) is 5.32 Å². The molecule has 15 heavy (non-hydrogen) atoms. The molecule has 0 saturated heterocycles. The average Bonchev–Trinajstić information content (AvgIpc) is 2.16. The van der Waals surface area contributed by atoms with Gasteiger partial charge in [0.05, 0.1) is 16.6 Å². The first-order valence-electron chi connectivity index (χ1n) is 4.80. The number of carbonyl (C=O) groups is 1. The molecule has 1 amide bonds. The van der Waals surface area contributed by atoms with Gasteiger partial charge in [-0.05, 0) is 18.6 Å². The van der Waals surface area contributed by atoms with Gasteiger partial charge in [0, 0.05) is 6.54 Å². The van der Waals surface area contributed by atoms with Gasteiger partial charge in [-0.3, -0.25) is 4.79 Å². The molecule has 0 saturated carbocycles. The molecular formula is C11H15ClN2O. The fourth-order valence-electron chi connectivity index (χ4n) is 1.21. The molecule has 0 fully saturated rings. The molecule has 0 aliphatic rings. The Morgan fingerprint density at radius 1 is 1.60 bits per heavy atom. The molecule has 1 rings (SSSR count). The van der Waals surface area contributed by atoms with E-state index in [9.17, 15) is 4.79 Å². The second-order valence-electron chi connectivity index (χ2n) is 3.62. The highest BCUT2D eigenvalue weighted by Crippen LogP contribution is 2.25. The van der Waals surface area contributed by atoms with Gasteiger partial charge in [0.25, 0.3) is 0 Å². The third-order valence-corrected chi connectivity index (χ3v) is 2.61. The standard InChI is InChI=1S/C11H15ClN2O/c1-7-4-3-5-9(12)10(7)14-6-8(2)11(13)15/h3-5,8,14H,6H2,1-2H3,(H2,13,15). The van der Waals surface area contributed by atoms with Crippen molar-refractivity contribution in [2.24, 2.45) is 11.7 Å². The molecule has 0 aliphatic carbocycles. The van der Waals surface area contributed by atoms with Gasteiger partial charge in [0.2, 0.25) is 5.91 Å². The zero-order chi connectivity index (χ0) is 11.4. The van der Waals surface area contributed by atoms with Crippen molar-refractivity contribution in [1.82, 2.24) is 0 Å². The second kappa shape index (κ2) is 5.03. The van der Waals surface area contributed by atoms with Crippen molar-refractivity contribution >= 4 is 23.2 Å². The number of benzene rings is 1. The lowest BCUT2D eigenvalue weighted by molar-refractivity contribution is -0.120. The maximum absolute atomic E-state index is 10.8. The van der Waals surface area contributed by atoms with Crippen molar-refractivity contribution in [3.8, 4) is 0 Å². The van der Waals surface area contributed by atoms with E-state index in [0.29, 0.717) is 11.6 Å². The highest BCUT2D eigenvalue weighted by molar-refractivity contribution is 6.33. The first-order chi connectivity index (χ1) is 7.02. The summed E-state index contributed by atoms with van der Waals surface area (Å²) >= 11 is 6.01. The molecule has 82 valence electrons. The lowest BCUT2D eigenvalue weighted by Crippen LogP contribution is -2.27. The number of nitrogens with one attached hydrogen (secondary N) is 1. The van der Waals surface area contributed by atoms with Gasteiger partial charge in [-0.2, -0.15) is 0 Å². The van der Waals surface area contributed by atoms with Crippen molar-refractivity contribution < 1.29 is 4.79 Å². The van der Waals surface area contributed by atoms with Gasteiger partial charge >= 0.3 is 0 Å². The summed E-state index contributed by atoms with van der Waals surface area (Å²) in [4.78, 5) is 10.8. The Hall–Kier alpha value is -1.22. The first-order valence-corrected chi connectivity index (χ1v) is 5.18. The van der Waals surface area contributed by atoms with Crippen LogP contribution in [0.1, 0.15) is 12.5 Å². The van der Waals surface area contributed by atoms with Crippen molar-refractivity contribution in [1.29, 1.82) is 0 Å². The maximum atomic E-state index is 10.8. The minimum atomic E-state index is -0.313. The smallest absolute Gasteiger partial charge is 0.222 e. The van der Waals surface area contributed by atoms with Crippen LogP contribution >= 0.6 is 11.6 Å². The number of primary amides is 1. The van der Waals surface area contributed by atoms with Crippen LogP contribution in [0.2, 0.25) is 5.02 Å². The fraction of sp³-hybridized carbons (Fsp3) is 0.364. The molecule has 0 bridgehead atoms. The monoisotopic (exact) mass is 226 g/mol. The summed E-state index contributed by atoms with van der Waals surface area (Å²) in [5.41, 5.74) is 7.09. The Balaban J connectivity index is 2.69. The summed E-state index contributed by atoms with van der Waals surface area (Å²) in [6, 6.07) is 5.66. The van der Waals surface area contributed by atoms with E-state index in [1.807, 2.05) is 25.1 Å². The molecule has 1 atom stereocenters. The van der Waals surface area contributed by atoms with E-state index in [4.69, 9.17) is 17.3 Å². The van der Waals surface area contributed by atoms with E-state index in [1.165, 1.54) is 0 Å². The summed E-state index contributed by atoms with van der Waals surface area (Å²) < 4.78 is 0. The van der Waals surface area contributed by atoms with Gasteiger partial charge in [0.1, 0.15) is 0 Å². The van der Waals surface area contributed by atoms with Crippen molar-refractivity contribution in [2.45, 2.75) is 13.8 Å². The number of hydrogen-bond acceptors (Lipinski definition) is 2. The van der Waals surface area contributed by atoms with Crippen LogP contribution in [0.15, 0.2) is 18.2 Å². The molecular weight excluding hydrogens is 212 g/mol. The minimum absolute atomic E-state index is 0.208. The third-order valence-electron chi connectivity index (χ3n) is 2.29. The number of anilines is 1. The van der Waals surface area contributed by atoms with Gasteiger partial charge in [-0.1, -0.05) is 30.7 Å². The summed E-state index contributed by atoms with van der Waals surface area (Å²) in [5, 5.41) is 3.79. The van der Waals surface area contributed by atoms with Gasteiger partial charge in [-0.25, -0.2) is 0 Å². The van der Waals surface area contributed by atoms with Crippen LogP contribution in [0.3, 0.4) is 0 Å². The fourth-order valence-corrected chi connectivity index (χ4v) is 1.50. The Morgan fingerprint density at radius 3 is 2.80 bits per heavy atom. The van der Waals surface area contributed by atoms with Crippen LogP contribution in [0.4, 0.5) is 5.69 Å². The molecule has 1 aromatic rings. The molecule has 0 aromatic heterocycles. The normalized spacial score (nSPS) is 12.2. The third kappa shape index (κ3) is 3.13. The maximum Gasteiger partial charge on any atom is 0.222 e. The number of para-hydroxylation sites is 1. The second-order valence-corrected chi connectivity index (χ2v) is 4.02. The number of halogens is 1. The van der Waals surface area contributed by atoms with Crippen molar-refractivity contribution in [3.05, 3.63) is 28.8 Å². The zero-order valence-corrected chi connectivity index (χ0v) is 9.64. The molecule has 4 heteroatoms. The van der Waals surface area contributed by atoms with E-state index in [1.54, 1.807) is 6.92 Å². The molecule has 0 radical (unpaired) electrons. The first kappa shape index (κ1) is 11.9. The topological polar surface area (TPSA) is 55.1 Å². The minimum Gasteiger partial charge on any atom is -0.383 e. The number of nitrogens with two attached hydrogens (primary N) is 1. The number of aryl methyl sites for hydroxylation is 1. The molecule has 0 heterocycles. The number of rotatable bonds is 4. The van der Waals surface area contributed by atoms with E-state index in [-0.39, 0.29) is 11.8 Å². The van der Waals surface area contributed by atoms with E-state index < -0.39 is 0 Å². The summed E-state index contributed by atoms with van der Waals surface area (Å²) in [7, 11) is 0. The van der Waals surface area contributed by atoms with Gasteiger partial charge in [0.15, 0.2) is 0 Å². The zero-order valence-electron chi connectivity index (χ0n) is 8.88. The SMILES string of the molecule is Cc1cccc(Cl)c1NCC(C)C(N)=O. The van der Waals surface area contributed by atoms with Crippen LogP contribution in [-0.2, 0) is 4.79 Å². The Bertz CT molecular complexity index is 345. The van der Waals surface area contributed by atoms with Crippen LogP contribution in [-0.4, -0.2) is 12.5 Å². The lowest BCUT2D eigenvalue weighted by atomic mass is 10.1. The van der Waals surface area contributed by atoms with E-state index >= 15 is 0 Å². The summed E-state index contributed by atoms with van der Waals surface area (Å²) in [5.74, 6) is -0.520. The molecule has 3 nitrogen and oxygen atoms in total. The molecule has 0 aliphatic heterocycles. The lowest BCUT2D eigenvalue weighted by Gasteiger charge is -2.13. The van der Waals surface area contributed by atoms with Crippen LogP contribution < -0.4 is 11.1 Å². The predicted molar refractivity (Wildman–Crippen MR) is 63.0 cm³/mol. The highest BCUT2D eigenvalue weighted by Gasteiger charge is 2.09. The van der Waals surface area contributed by atoms with Crippen molar-refractivity contribution in [2.75, 3.05) is 11.9 Å². The van der Waals surface area contributed by atoms with Crippen LogP contribution in [0.25, 0.3) is 0 Å². The van der Waals surface area contributed by atoms with E-state index in [0.717, 1.165) is 11.3 Å². The summed E-state index contributed by atoms with van der Waals surface area (Å²) in [6.07, 6.45) is 0. The molecule has 0 spiro atoms. The summed E-state index contributed by atoms with van der Waals surface area (Å²) in [6.45, 7) is 4.24.